The summed E-state index contributed by atoms with van der Waals surface area (Å²) in [5, 5.41) is 5.60. The summed E-state index contributed by atoms with van der Waals surface area (Å²) in [5.74, 6) is -0.877. The summed E-state index contributed by atoms with van der Waals surface area (Å²) < 4.78 is 4.75. The highest BCUT2D eigenvalue weighted by molar-refractivity contribution is 5.97. The Balaban J connectivity index is 2.19. The van der Waals surface area contributed by atoms with Gasteiger partial charge in [-0.15, -0.1) is 0 Å². The van der Waals surface area contributed by atoms with Crippen LogP contribution >= 0.6 is 0 Å². The zero-order chi connectivity index (χ0) is 19.8. The number of esters is 1. The SMILES string of the molecule is CCC(=O)Nc1cccc(C(=O)NC(CC(=O)OC)c2ccc(C)cc2)c1. The molecule has 0 saturated heterocycles. The normalized spacial score (nSPS) is 11.4. The summed E-state index contributed by atoms with van der Waals surface area (Å²) in [7, 11) is 1.32. The molecule has 0 radical (unpaired) electrons. The zero-order valence-electron chi connectivity index (χ0n) is 15.7. The van der Waals surface area contributed by atoms with Crippen molar-refractivity contribution in [1.82, 2.24) is 5.32 Å². The Morgan fingerprint density at radius 3 is 2.41 bits per heavy atom. The fourth-order valence-corrected chi connectivity index (χ4v) is 2.53. The average Bonchev–Trinajstić information content (AvgIpc) is 2.68. The van der Waals surface area contributed by atoms with Gasteiger partial charge in [-0.2, -0.15) is 0 Å². The lowest BCUT2D eigenvalue weighted by molar-refractivity contribution is -0.141. The third-order valence-corrected chi connectivity index (χ3v) is 4.11. The van der Waals surface area contributed by atoms with E-state index in [9.17, 15) is 14.4 Å². The smallest absolute Gasteiger partial charge is 0.307 e. The predicted octanol–water partition coefficient (Wildman–Crippen LogP) is 3.38. The van der Waals surface area contributed by atoms with Crippen molar-refractivity contribution >= 4 is 23.5 Å². The minimum Gasteiger partial charge on any atom is -0.469 e. The third kappa shape index (κ3) is 5.95. The lowest BCUT2D eigenvalue weighted by Gasteiger charge is -2.19. The third-order valence-electron chi connectivity index (χ3n) is 4.11. The first-order valence-corrected chi connectivity index (χ1v) is 8.77. The molecule has 2 aromatic rings. The van der Waals surface area contributed by atoms with Crippen molar-refractivity contribution in [2.75, 3.05) is 12.4 Å². The first-order valence-electron chi connectivity index (χ1n) is 8.77. The first-order chi connectivity index (χ1) is 12.9. The van der Waals surface area contributed by atoms with Gasteiger partial charge in [0, 0.05) is 17.7 Å². The number of rotatable bonds is 7. The van der Waals surface area contributed by atoms with Crippen LogP contribution in [-0.2, 0) is 14.3 Å². The Labute approximate surface area is 158 Å². The van der Waals surface area contributed by atoms with Crippen LogP contribution in [0.3, 0.4) is 0 Å². The predicted molar refractivity (Wildman–Crippen MR) is 103 cm³/mol. The molecule has 0 bridgehead atoms. The molecule has 0 spiro atoms. The molecular formula is C21H24N2O4. The van der Waals surface area contributed by atoms with Crippen LogP contribution in [-0.4, -0.2) is 24.9 Å². The van der Waals surface area contributed by atoms with Crippen molar-refractivity contribution in [3.05, 3.63) is 65.2 Å². The van der Waals surface area contributed by atoms with Gasteiger partial charge in [0.2, 0.25) is 5.91 Å². The second kappa shape index (κ2) is 9.52. The topological polar surface area (TPSA) is 84.5 Å². The maximum absolute atomic E-state index is 12.7. The van der Waals surface area contributed by atoms with E-state index < -0.39 is 12.0 Å². The number of methoxy groups -OCH3 is 1. The molecule has 2 amide bonds. The van der Waals surface area contributed by atoms with E-state index in [-0.39, 0.29) is 18.2 Å². The van der Waals surface area contributed by atoms with Crippen molar-refractivity contribution in [3.63, 3.8) is 0 Å². The summed E-state index contributed by atoms with van der Waals surface area (Å²) in [6.07, 6.45) is 0.378. The van der Waals surface area contributed by atoms with Crippen molar-refractivity contribution < 1.29 is 19.1 Å². The van der Waals surface area contributed by atoms with Crippen LogP contribution in [0.2, 0.25) is 0 Å². The van der Waals surface area contributed by atoms with Gasteiger partial charge in [-0.05, 0) is 30.7 Å². The largest absolute Gasteiger partial charge is 0.469 e. The highest BCUT2D eigenvalue weighted by atomic mass is 16.5. The molecule has 0 aromatic heterocycles. The minimum absolute atomic E-state index is 0.0254. The van der Waals surface area contributed by atoms with Gasteiger partial charge in [-0.1, -0.05) is 42.8 Å². The molecule has 6 heteroatoms. The second-order valence-corrected chi connectivity index (χ2v) is 6.20. The lowest BCUT2D eigenvalue weighted by Crippen LogP contribution is -2.30. The standard InChI is InChI=1S/C21H24N2O4/c1-4-19(24)22-17-7-5-6-16(12-17)21(26)23-18(13-20(25)27-3)15-10-8-14(2)9-11-15/h5-12,18H,4,13H2,1-3H3,(H,22,24)(H,23,26). The van der Waals surface area contributed by atoms with Gasteiger partial charge < -0.3 is 15.4 Å². The van der Waals surface area contributed by atoms with Gasteiger partial charge in [0.05, 0.1) is 19.6 Å². The second-order valence-electron chi connectivity index (χ2n) is 6.20. The monoisotopic (exact) mass is 368 g/mol. The van der Waals surface area contributed by atoms with Crippen LogP contribution in [0, 0.1) is 6.92 Å². The van der Waals surface area contributed by atoms with Crippen LogP contribution in [0.4, 0.5) is 5.69 Å². The Kier molecular flexibility index (Phi) is 7.11. The number of benzene rings is 2. The number of ether oxygens (including phenoxy) is 1. The molecule has 0 saturated carbocycles. The zero-order valence-corrected chi connectivity index (χ0v) is 15.7. The molecule has 0 heterocycles. The van der Waals surface area contributed by atoms with Crippen molar-refractivity contribution in [2.24, 2.45) is 0 Å². The number of anilines is 1. The van der Waals surface area contributed by atoms with Crippen LogP contribution in [0.25, 0.3) is 0 Å². The fourth-order valence-electron chi connectivity index (χ4n) is 2.53. The van der Waals surface area contributed by atoms with E-state index in [1.165, 1.54) is 7.11 Å². The molecule has 27 heavy (non-hydrogen) atoms. The van der Waals surface area contributed by atoms with E-state index in [0.717, 1.165) is 11.1 Å². The van der Waals surface area contributed by atoms with E-state index in [1.54, 1.807) is 31.2 Å². The van der Waals surface area contributed by atoms with Gasteiger partial charge in [-0.3, -0.25) is 14.4 Å². The maximum Gasteiger partial charge on any atom is 0.307 e. The Morgan fingerprint density at radius 1 is 1.07 bits per heavy atom. The number of hydrogen-bond donors (Lipinski definition) is 2. The van der Waals surface area contributed by atoms with Crippen molar-refractivity contribution in [2.45, 2.75) is 32.7 Å². The Bertz CT molecular complexity index is 815. The summed E-state index contributed by atoms with van der Waals surface area (Å²) in [6.45, 7) is 3.72. The fraction of sp³-hybridized carbons (Fsp3) is 0.286. The number of carbonyl (C=O) groups excluding carboxylic acids is 3. The molecule has 2 rings (SSSR count). The van der Waals surface area contributed by atoms with Crippen molar-refractivity contribution in [1.29, 1.82) is 0 Å². The maximum atomic E-state index is 12.7. The van der Waals surface area contributed by atoms with E-state index in [1.807, 2.05) is 31.2 Å². The molecule has 0 aliphatic carbocycles. The summed E-state index contributed by atoms with van der Waals surface area (Å²) in [5.41, 5.74) is 2.84. The average molecular weight is 368 g/mol. The van der Waals surface area contributed by atoms with E-state index in [2.05, 4.69) is 10.6 Å². The molecule has 2 aromatic carbocycles. The molecule has 0 aliphatic heterocycles. The van der Waals surface area contributed by atoms with Crippen LogP contribution in [0.5, 0.6) is 0 Å². The van der Waals surface area contributed by atoms with Crippen LogP contribution in [0.1, 0.15) is 47.3 Å². The summed E-state index contributed by atoms with van der Waals surface area (Å²) in [6, 6.07) is 13.8. The van der Waals surface area contributed by atoms with E-state index in [4.69, 9.17) is 4.74 Å². The van der Waals surface area contributed by atoms with E-state index >= 15 is 0 Å². The molecule has 0 aliphatic rings. The number of carbonyl (C=O) groups is 3. The van der Waals surface area contributed by atoms with Crippen LogP contribution < -0.4 is 10.6 Å². The van der Waals surface area contributed by atoms with Gasteiger partial charge >= 0.3 is 5.97 Å². The number of aryl methyl sites for hydroxylation is 1. The number of nitrogens with one attached hydrogen (secondary N) is 2. The van der Waals surface area contributed by atoms with Gasteiger partial charge in [-0.25, -0.2) is 0 Å². The molecule has 2 N–H and O–H groups in total. The van der Waals surface area contributed by atoms with Gasteiger partial charge in [0.15, 0.2) is 0 Å². The van der Waals surface area contributed by atoms with E-state index in [0.29, 0.717) is 17.7 Å². The highest BCUT2D eigenvalue weighted by Gasteiger charge is 2.20. The Morgan fingerprint density at radius 2 is 1.78 bits per heavy atom. The van der Waals surface area contributed by atoms with Gasteiger partial charge in [0.1, 0.15) is 0 Å². The van der Waals surface area contributed by atoms with Crippen LogP contribution in [0.15, 0.2) is 48.5 Å². The molecule has 6 nitrogen and oxygen atoms in total. The van der Waals surface area contributed by atoms with Crippen molar-refractivity contribution in [3.8, 4) is 0 Å². The first kappa shape index (κ1) is 20.2. The quantitative estimate of drug-likeness (QED) is 0.734. The molecule has 0 fully saturated rings. The Hall–Kier alpha value is -3.15. The van der Waals surface area contributed by atoms with Gasteiger partial charge in [0.25, 0.3) is 5.91 Å². The molecular weight excluding hydrogens is 344 g/mol. The minimum atomic E-state index is -0.514. The summed E-state index contributed by atoms with van der Waals surface area (Å²) in [4.78, 5) is 36.0. The molecule has 1 atom stereocenters. The summed E-state index contributed by atoms with van der Waals surface area (Å²) >= 11 is 0. The molecule has 142 valence electrons. The lowest BCUT2D eigenvalue weighted by atomic mass is 10.0. The molecule has 1 unspecified atom stereocenters. The number of amides is 2. The number of hydrogen-bond acceptors (Lipinski definition) is 4. The highest BCUT2D eigenvalue weighted by Crippen LogP contribution is 2.20.